The average Bonchev–Trinajstić information content (AvgIpc) is 2.74. The maximum atomic E-state index is 13.0. The highest BCUT2D eigenvalue weighted by Crippen LogP contribution is 2.18. The van der Waals surface area contributed by atoms with Gasteiger partial charge in [0.2, 0.25) is 0 Å². The minimum absolute atomic E-state index is 0.165. The number of ketones is 1. The Hall–Kier alpha value is -4.06. The van der Waals surface area contributed by atoms with Crippen molar-refractivity contribution in [3.63, 3.8) is 0 Å². The van der Waals surface area contributed by atoms with Crippen LogP contribution in [0.3, 0.4) is 0 Å². The van der Waals surface area contributed by atoms with Crippen molar-refractivity contribution >= 4 is 22.7 Å². The lowest BCUT2D eigenvalue weighted by Crippen LogP contribution is -2.18. The third kappa shape index (κ3) is 3.82. The van der Waals surface area contributed by atoms with Gasteiger partial charge in [-0.15, -0.1) is 0 Å². The molecule has 0 aliphatic heterocycles. The highest BCUT2D eigenvalue weighted by Gasteiger charge is 2.16. The van der Waals surface area contributed by atoms with Crippen LogP contribution in [-0.4, -0.2) is 11.8 Å². The summed E-state index contributed by atoms with van der Waals surface area (Å²) in [5.41, 5.74) is 0.0382. The van der Waals surface area contributed by atoms with Gasteiger partial charge in [-0.05, 0) is 60.7 Å². The maximum Gasteiger partial charge on any atom is 0.351 e. The molecule has 0 unspecified atom stereocenters. The summed E-state index contributed by atoms with van der Waals surface area (Å²) in [6.45, 7) is 0. The van der Waals surface area contributed by atoms with Gasteiger partial charge in [-0.3, -0.25) is 4.79 Å². The summed E-state index contributed by atoms with van der Waals surface area (Å²) in [4.78, 5) is 36.8. The number of benzene rings is 3. The van der Waals surface area contributed by atoms with Crippen LogP contribution in [0.4, 0.5) is 4.39 Å². The molecule has 0 aliphatic rings. The molecule has 0 amide bonds. The summed E-state index contributed by atoms with van der Waals surface area (Å²) < 4.78 is 23.4. The van der Waals surface area contributed by atoms with Crippen molar-refractivity contribution in [1.29, 1.82) is 0 Å². The predicted octanol–water partition coefficient (Wildman–Crippen LogP) is 4.38. The zero-order valence-corrected chi connectivity index (χ0v) is 14.9. The predicted molar refractivity (Wildman–Crippen MR) is 104 cm³/mol. The van der Waals surface area contributed by atoms with Gasteiger partial charge in [-0.2, -0.15) is 0 Å². The SMILES string of the molecule is O=C(c1ccc(F)cc1)c1ccc(OC(=O)c2cc3ccccc3oc2=O)cc1. The molecule has 0 radical (unpaired) electrons. The summed E-state index contributed by atoms with van der Waals surface area (Å²) in [6.07, 6.45) is 0. The zero-order valence-electron chi connectivity index (χ0n) is 14.9. The van der Waals surface area contributed by atoms with E-state index in [1.807, 2.05) is 0 Å². The van der Waals surface area contributed by atoms with E-state index in [0.29, 0.717) is 22.1 Å². The number of hydrogen-bond donors (Lipinski definition) is 0. The minimum atomic E-state index is -0.859. The van der Waals surface area contributed by atoms with Crippen molar-refractivity contribution in [3.05, 3.63) is 112 Å². The standard InChI is InChI=1S/C23H13FO5/c24-17-9-5-14(6-10-17)21(25)15-7-11-18(12-8-15)28-22(26)19-13-16-3-1-2-4-20(16)29-23(19)27/h1-13H. The molecule has 5 nitrogen and oxygen atoms in total. The molecule has 0 fully saturated rings. The van der Waals surface area contributed by atoms with E-state index in [-0.39, 0.29) is 17.1 Å². The average molecular weight is 388 g/mol. The quantitative estimate of drug-likeness (QED) is 0.224. The molecule has 29 heavy (non-hydrogen) atoms. The first-order valence-electron chi connectivity index (χ1n) is 8.67. The second-order valence-electron chi connectivity index (χ2n) is 6.24. The molecular formula is C23H13FO5. The van der Waals surface area contributed by atoms with Crippen molar-refractivity contribution in [3.8, 4) is 5.75 Å². The Kier molecular flexibility index (Phi) is 4.75. The summed E-state index contributed by atoms with van der Waals surface area (Å²) in [5.74, 6) is -1.42. The monoisotopic (exact) mass is 388 g/mol. The largest absolute Gasteiger partial charge is 0.423 e. The van der Waals surface area contributed by atoms with Crippen LogP contribution in [0, 0.1) is 5.82 Å². The topological polar surface area (TPSA) is 73.6 Å². The maximum absolute atomic E-state index is 13.0. The number of rotatable bonds is 4. The smallest absolute Gasteiger partial charge is 0.351 e. The molecule has 3 aromatic carbocycles. The fraction of sp³-hybridized carbons (Fsp3) is 0. The van der Waals surface area contributed by atoms with Crippen molar-refractivity contribution < 1.29 is 23.1 Å². The Balaban J connectivity index is 1.53. The number of carbonyl (C=O) groups excluding carboxylic acids is 2. The van der Waals surface area contributed by atoms with E-state index < -0.39 is 17.4 Å². The molecule has 0 aliphatic carbocycles. The Labute approximate surface area is 164 Å². The number of ether oxygens (including phenoxy) is 1. The molecule has 0 atom stereocenters. The van der Waals surface area contributed by atoms with E-state index in [0.717, 1.165) is 0 Å². The van der Waals surface area contributed by atoms with Crippen LogP contribution in [-0.2, 0) is 0 Å². The number of para-hydroxylation sites is 1. The van der Waals surface area contributed by atoms with E-state index >= 15 is 0 Å². The van der Waals surface area contributed by atoms with Crippen LogP contribution in [0.2, 0.25) is 0 Å². The Morgan fingerprint density at radius 1 is 0.828 bits per heavy atom. The van der Waals surface area contributed by atoms with Crippen LogP contribution >= 0.6 is 0 Å². The van der Waals surface area contributed by atoms with Gasteiger partial charge < -0.3 is 9.15 Å². The first-order chi connectivity index (χ1) is 14.0. The van der Waals surface area contributed by atoms with E-state index in [1.54, 1.807) is 24.3 Å². The Bertz CT molecular complexity index is 1270. The normalized spacial score (nSPS) is 10.7. The third-order valence-corrected chi connectivity index (χ3v) is 4.29. The van der Waals surface area contributed by atoms with Crippen molar-refractivity contribution in [2.75, 3.05) is 0 Å². The van der Waals surface area contributed by atoms with E-state index in [9.17, 15) is 18.8 Å². The second kappa shape index (κ2) is 7.52. The van der Waals surface area contributed by atoms with Gasteiger partial charge >= 0.3 is 11.6 Å². The van der Waals surface area contributed by atoms with Gasteiger partial charge in [0, 0.05) is 16.5 Å². The van der Waals surface area contributed by atoms with E-state index in [4.69, 9.17) is 9.15 Å². The number of carbonyl (C=O) groups is 2. The zero-order chi connectivity index (χ0) is 20.4. The van der Waals surface area contributed by atoms with Gasteiger partial charge in [-0.25, -0.2) is 14.0 Å². The van der Waals surface area contributed by atoms with Gasteiger partial charge in [-0.1, -0.05) is 18.2 Å². The van der Waals surface area contributed by atoms with E-state index in [1.165, 1.54) is 54.6 Å². The number of esters is 1. The molecule has 4 rings (SSSR count). The summed E-state index contributed by atoms with van der Waals surface area (Å²) in [6, 6.07) is 19.3. The molecule has 142 valence electrons. The van der Waals surface area contributed by atoms with Crippen LogP contribution < -0.4 is 10.4 Å². The molecule has 0 N–H and O–H groups in total. The van der Waals surface area contributed by atoms with Gasteiger partial charge in [0.15, 0.2) is 5.78 Å². The molecule has 6 heteroatoms. The molecule has 0 spiro atoms. The lowest BCUT2D eigenvalue weighted by atomic mass is 10.0. The van der Waals surface area contributed by atoms with Crippen molar-refractivity contribution in [1.82, 2.24) is 0 Å². The van der Waals surface area contributed by atoms with Crippen LogP contribution in [0.15, 0.2) is 88.1 Å². The van der Waals surface area contributed by atoms with Crippen LogP contribution in [0.25, 0.3) is 11.0 Å². The van der Waals surface area contributed by atoms with Gasteiger partial charge in [0.25, 0.3) is 0 Å². The molecule has 1 aromatic heterocycles. The fourth-order valence-corrected chi connectivity index (χ4v) is 2.81. The lowest BCUT2D eigenvalue weighted by Gasteiger charge is -2.06. The summed E-state index contributed by atoms with van der Waals surface area (Å²) >= 11 is 0. The lowest BCUT2D eigenvalue weighted by molar-refractivity contribution is 0.0730. The molecule has 0 bridgehead atoms. The van der Waals surface area contributed by atoms with Crippen LogP contribution in [0.1, 0.15) is 26.3 Å². The second-order valence-corrected chi connectivity index (χ2v) is 6.24. The van der Waals surface area contributed by atoms with E-state index in [2.05, 4.69) is 0 Å². The molecule has 4 aromatic rings. The first-order valence-corrected chi connectivity index (χ1v) is 8.67. The van der Waals surface area contributed by atoms with Crippen LogP contribution in [0.5, 0.6) is 5.75 Å². The molecule has 1 heterocycles. The highest BCUT2D eigenvalue weighted by atomic mass is 19.1. The minimum Gasteiger partial charge on any atom is -0.423 e. The number of halogens is 1. The molecule has 0 saturated heterocycles. The van der Waals surface area contributed by atoms with Crippen molar-refractivity contribution in [2.24, 2.45) is 0 Å². The fourth-order valence-electron chi connectivity index (χ4n) is 2.81. The first kappa shape index (κ1) is 18.3. The molecular weight excluding hydrogens is 375 g/mol. The molecule has 0 saturated carbocycles. The van der Waals surface area contributed by atoms with Crippen molar-refractivity contribution in [2.45, 2.75) is 0 Å². The Morgan fingerprint density at radius 3 is 2.14 bits per heavy atom. The third-order valence-electron chi connectivity index (χ3n) is 4.29. The van der Waals surface area contributed by atoms with Gasteiger partial charge in [0.05, 0.1) is 0 Å². The number of hydrogen-bond acceptors (Lipinski definition) is 5. The highest BCUT2D eigenvalue weighted by molar-refractivity contribution is 6.09. The number of fused-ring (bicyclic) bond motifs is 1. The Morgan fingerprint density at radius 2 is 1.45 bits per heavy atom. The van der Waals surface area contributed by atoms with Gasteiger partial charge in [0.1, 0.15) is 22.7 Å². The summed E-state index contributed by atoms with van der Waals surface area (Å²) in [5, 5.41) is 0.597. The summed E-state index contributed by atoms with van der Waals surface area (Å²) in [7, 11) is 0.